The van der Waals surface area contributed by atoms with Crippen LogP contribution in [0.15, 0.2) is 6.33 Å². The third-order valence-corrected chi connectivity index (χ3v) is 2.96. The second-order valence-electron chi connectivity index (χ2n) is 5.04. The third-order valence-electron chi connectivity index (χ3n) is 2.96. The molecule has 0 spiro atoms. The van der Waals surface area contributed by atoms with Crippen molar-refractivity contribution >= 4 is 11.6 Å². The maximum Gasteiger partial charge on any atom is 0.148 e. The van der Waals surface area contributed by atoms with Crippen molar-refractivity contribution in [3.63, 3.8) is 0 Å². The van der Waals surface area contributed by atoms with Gasteiger partial charge in [0.15, 0.2) is 0 Å². The van der Waals surface area contributed by atoms with Crippen LogP contribution in [0.3, 0.4) is 0 Å². The van der Waals surface area contributed by atoms with E-state index in [-0.39, 0.29) is 12.0 Å². The van der Waals surface area contributed by atoms with E-state index in [0.29, 0.717) is 5.82 Å². The van der Waals surface area contributed by atoms with Gasteiger partial charge >= 0.3 is 0 Å². The monoisotopic (exact) mass is 253 g/mol. The lowest BCUT2D eigenvalue weighted by molar-refractivity contribution is 0.220. The number of aliphatic hydroxyl groups is 1. The Morgan fingerprint density at radius 2 is 2.00 bits per heavy atom. The molecule has 1 rings (SSSR count). The van der Waals surface area contributed by atoms with Crippen molar-refractivity contribution in [1.82, 2.24) is 9.97 Å². The molecular weight excluding hydrogens is 230 g/mol. The first-order chi connectivity index (χ1) is 8.54. The van der Waals surface area contributed by atoms with Crippen LogP contribution >= 0.6 is 0 Å². The number of hydrazine groups is 1. The average molecular weight is 253 g/mol. The summed E-state index contributed by atoms with van der Waals surface area (Å²) in [5.41, 5.74) is 3.57. The normalized spacial score (nSPS) is 11.4. The Balaban J connectivity index is 2.78. The molecule has 0 fully saturated rings. The number of anilines is 2. The van der Waals surface area contributed by atoms with Crippen molar-refractivity contribution in [3.05, 3.63) is 11.9 Å². The molecule has 0 saturated carbocycles. The first-order valence-electron chi connectivity index (χ1n) is 6.19. The summed E-state index contributed by atoms with van der Waals surface area (Å²) in [6.07, 6.45) is 3.02. The van der Waals surface area contributed by atoms with Gasteiger partial charge in [-0.05, 0) is 18.3 Å². The quantitative estimate of drug-likeness (QED) is 0.430. The van der Waals surface area contributed by atoms with Crippen LogP contribution < -0.4 is 16.6 Å². The van der Waals surface area contributed by atoms with Gasteiger partial charge in [-0.3, -0.25) is 0 Å². The molecule has 0 atom stereocenters. The van der Waals surface area contributed by atoms with E-state index in [0.717, 1.165) is 30.8 Å². The molecule has 0 aliphatic heterocycles. The van der Waals surface area contributed by atoms with Gasteiger partial charge in [0.05, 0.1) is 0 Å². The Labute approximate surface area is 108 Å². The summed E-state index contributed by atoms with van der Waals surface area (Å²) >= 11 is 0. The number of rotatable bonds is 7. The number of nitrogens with one attached hydrogen (secondary N) is 2. The highest BCUT2D eigenvalue weighted by Gasteiger charge is 2.18. The predicted molar refractivity (Wildman–Crippen MR) is 73.2 cm³/mol. The molecule has 0 aromatic carbocycles. The van der Waals surface area contributed by atoms with Gasteiger partial charge in [0.2, 0.25) is 0 Å². The second kappa shape index (κ2) is 6.51. The standard InChI is InChI=1S/C12H23N5O/c1-4-9-10(15-8-16-11(9)17-13)14-7-12(2,3)5-6-18/h8,18H,4-7,13H2,1-3H3,(H2,14,15,16,17). The van der Waals surface area contributed by atoms with E-state index in [1.54, 1.807) is 0 Å². The Morgan fingerprint density at radius 1 is 1.33 bits per heavy atom. The molecule has 5 N–H and O–H groups in total. The highest BCUT2D eigenvalue weighted by Crippen LogP contribution is 2.23. The zero-order valence-electron chi connectivity index (χ0n) is 11.3. The van der Waals surface area contributed by atoms with E-state index in [4.69, 9.17) is 10.9 Å². The van der Waals surface area contributed by atoms with Crippen molar-refractivity contribution < 1.29 is 5.11 Å². The smallest absolute Gasteiger partial charge is 0.148 e. The Kier molecular flexibility index (Phi) is 5.30. The van der Waals surface area contributed by atoms with Crippen LogP contribution in [0, 0.1) is 5.41 Å². The number of aliphatic hydroxyl groups excluding tert-OH is 1. The van der Waals surface area contributed by atoms with Crippen molar-refractivity contribution in [2.24, 2.45) is 11.3 Å². The molecule has 18 heavy (non-hydrogen) atoms. The molecule has 6 nitrogen and oxygen atoms in total. The van der Waals surface area contributed by atoms with Crippen LogP contribution in [-0.4, -0.2) is 28.2 Å². The van der Waals surface area contributed by atoms with Gasteiger partial charge in [-0.25, -0.2) is 15.8 Å². The summed E-state index contributed by atoms with van der Waals surface area (Å²) in [7, 11) is 0. The van der Waals surface area contributed by atoms with Crippen LogP contribution in [0.5, 0.6) is 0 Å². The van der Waals surface area contributed by atoms with Gasteiger partial charge in [0.1, 0.15) is 18.0 Å². The van der Waals surface area contributed by atoms with Crippen LogP contribution in [0.4, 0.5) is 11.6 Å². The predicted octanol–water partition coefficient (Wildman–Crippen LogP) is 1.15. The SMILES string of the molecule is CCc1c(NN)ncnc1NCC(C)(C)CCO. The molecule has 1 aromatic heterocycles. The molecule has 0 aliphatic rings. The molecule has 0 radical (unpaired) electrons. The van der Waals surface area contributed by atoms with Crippen LogP contribution in [0.25, 0.3) is 0 Å². The van der Waals surface area contributed by atoms with E-state index in [1.165, 1.54) is 6.33 Å². The molecule has 6 heteroatoms. The number of nitrogen functional groups attached to an aromatic ring is 1. The summed E-state index contributed by atoms with van der Waals surface area (Å²) in [4.78, 5) is 8.32. The van der Waals surface area contributed by atoms with Crippen LogP contribution in [0.1, 0.15) is 32.8 Å². The van der Waals surface area contributed by atoms with Crippen molar-refractivity contribution in [1.29, 1.82) is 0 Å². The molecule has 102 valence electrons. The van der Waals surface area contributed by atoms with Crippen molar-refractivity contribution in [3.8, 4) is 0 Å². The summed E-state index contributed by atoms with van der Waals surface area (Å²) in [5.74, 6) is 6.87. The van der Waals surface area contributed by atoms with E-state index in [9.17, 15) is 0 Å². The molecular formula is C12H23N5O. The molecule has 0 saturated heterocycles. The Hall–Kier alpha value is -1.40. The summed E-state index contributed by atoms with van der Waals surface area (Å²) in [6.45, 7) is 7.16. The molecule has 1 aromatic rings. The van der Waals surface area contributed by atoms with Crippen LogP contribution in [0.2, 0.25) is 0 Å². The number of hydrogen-bond acceptors (Lipinski definition) is 6. The first-order valence-corrected chi connectivity index (χ1v) is 6.19. The summed E-state index contributed by atoms with van der Waals surface area (Å²) < 4.78 is 0. The fourth-order valence-electron chi connectivity index (χ4n) is 1.74. The minimum Gasteiger partial charge on any atom is -0.396 e. The lowest BCUT2D eigenvalue weighted by Crippen LogP contribution is -2.25. The summed E-state index contributed by atoms with van der Waals surface area (Å²) in [6, 6.07) is 0. The minimum absolute atomic E-state index is 0.0149. The lowest BCUT2D eigenvalue weighted by Gasteiger charge is -2.25. The molecule has 0 bridgehead atoms. The number of aromatic nitrogens is 2. The van der Waals surface area contributed by atoms with E-state index >= 15 is 0 Å². The zero-order valence-corrected chi connectivity index (χ0v) is 11.3. The maximum atomic E-state index is 9.00. The van der Waals surface area contributed by atoms with Gasteiger partial charge in [0.25, 0.3) is 0 Å². The van der Waals surface area contributed by atoms with Gasteiger partial charge in [-0.15, -0.1) is 0 Å². The second-order valence-corrected chi connectivity index (χ2v) is 5.04. The van der Waals surface area contributed by atoms with Crippen molar-refractivity contribution in [2.75, 3.05) is 23.9 Å². The zero-order chi connectivity index (χ0) is 13.6. The van der Waals surface area contributed by atoms with Gasteiger partial charge < -0.3 is 15.8 Å². The number of nitrogens with zero attached hydrogens (tertiary/aromatic N) is 2. The molecule has 0 unspecified atom stereocenters. The number of hydrogen-bond donors (Lipinski definition) is 4. The van der Waals surface area contributed by atoms with Crippen LogP contribution in [-0.2, 0) is 6.42 Å². The minimum atomic E-state index is 0.0149. The van der Waals surface area contributed by atoms with Gasteiger partial charge in [-0.2, -0.15) is 0 Å². The highest BCUT2D eigenvalue weighted by molar-refractivity contribution is 5.56. The Bertz CT molecular complexity index is 381. The topological polar surface area (TPSA) is 96.1 Å². The van der Waals surface area contributed by atoms with Crippen molar-refractivity contribution in [2.45, 2.75) is 33.6 Å². The first kappa shape index (κ1) is 14.7. The van der Waals surface area contributed by atoms with E-state index in [1.807, 2.05) is 6.92 Å². The Morgan fingerprint density at radius 3 is 2.56 bits per heavy atom. The highest BCUT2D eigenvalue weighted by atomic mass is 16.3. The maximum absolute atomic E-state index is 9.00. The molecule has 0 aliphatic carbocycles. The largest absolute Gasteiger partial charge is 0.396 e. The van der Waals surface area contributed by atoms with E-state index in [2.05, 4.69) is 34.6 Å². The fraction of sp³-hybridized carbons (Fsp3) is 0.667. The fourth-order valence-corrected chi connectivity index (χ4v) is 1.74. The van der Waals surface area contributed by atoms with Gasteiger partial charge in [-0.1, -0.05) is 20.8 Å². The average Bonchev–Trinajstić information content (AvgIpc) is 2.35. The van der Waals surface area contributed by atoms with E-state index < -0.39 is 0 Å². The molecule has 0 amide bonds. The lowest BCUT2D eigenvalue weighted by atomic mass is 9.90. The summed E-state index contributed by atoms with van der Waals surface area (Å²) in [5, 5.41) is 12.3. The third kappa shape index (κ3) is 3.82. The number of nitrogens with two attached hydrogens (primary N) is 1. The van der Waals surface area contributed by atoms with Gasteiger partial charge in [0, 0.05) is 18.7 Å². The molecule has 1 heterocycles.